The van der Waals surface area contributed by atoms with Crippen molar-refractivity contribution in [2.45, 2.75) is 25.3 Å². The number of hydrogen-bond donors (Lipinski definition) is 2. The van der Waals surface area contributed by atoms with Gasteiger partial charge >= 0.3 is 0 Å². The minimum Gasteiger partial charge on any atom is -0.314 e. The van der Waals surface area contributed by atoms with E-state index in [1.165, 1.54) is 25.0 Å². The van der Waals surface area contributed by atoms with Crippen molar-refractivity contribution < 1.29 is 4.39 Å². The van der Waals surface area contributed by atoms with Crippen LogP contribution in [0.1, 0.15) is 18.5 Å². The molecule has 1 unspecified atom stereocenters. The predicted octanol–water partition coefficient (Wildman–Crippen LogP) is 2.51. The van der Waals surface area contributed by atoms with E-state index in [1.807, 2.05) is 6.20 Å². The highest BCUT2D eigenvalue weighted by atomic mass is 19.1. The van der Waals surface area contributed by atoms with Gasteiger partial charge in [-0.25, -0.2) is 4.39 Å². The Kier molecular flexibility index (Phi) is 3.11. The molecule has 18 heavy (non-hydrogen) atoms. The molecule has 0 saturated carbocycles. The molecule has 94 valence electrons. The molecule has 1 aliphatic heterocycles. The molecule has 1 aromatic carbocycles. The van der Waals surface area contributed by atoms with E-state index in [-0.39, 0.29) is 5.82 Å². The van der Waals surface area contributed by atoms with Crippen LogP contribution < -0.4 is 5.32 Å². The molecule has 1 aliphatic rings. The molecule has 0 spiro atoms. The van der Waals surface area contributed by atoms with Crippen LogP contribution in [0.4, 0.5) is 4.39 Å². The van der Waals surface area contributed by atoms with Crippen LogP contribution in [0.3, 0.4) is 0 Å². The number of benzene rings is 1. The molecule has 0 aliphatic carbocycles. The van der Waals surface area contributed by atoms with Crippen molar-refractivity contribution in [2.24, 2.45) is 0 Å². The summed E-state index contributed by atoms with van der Waals surface area (Å²) in [5.41, 5.74) is 3.21. The fourth-order valence-corrected chi connectivity index (χ4v) is 2.52. The van der Waals surface area contributed by atoms with Gasteiger partial charge in [0.15, 0.2) is 0 Å². The molecule has 0 bridgehead atoms. The normalized spacial score (nSPS) is 19.3. The van der Waals surface area contributed by atoms with Gasteiger partial charge in [-0.05, 0) is 37.1 Å². The lowest BCUT2D eigenvalue weighted by Crippen LogP contribution is -2.24. The number of rotatable bonds is 3. The molecule has 2 N–H and O–H groups in total. The van der Waals surface area contributed by atoms with Crippen molar-refractivity contribution >= 4 is 0 Å². The molecule has 1 fully saturated rings. The summed E-state index contributed by atoms with van der Waals surface area (Å²) in [4.78, 5) is 0. The first kappa shape index (κ1) is 11.4. The number of nitrogens with one attached hydrogen (secondary N) is 2. The van der Waals surface area contributed by atoms with Crippen molar-refractivity contribution in [3.63, 3.8) is 0 Å². The van der Waals surface area contributed by atoms with Gasteiger partial charge in [-0.15, -0.1) is 0 Å². The van der Waals surface area contributed by atoms with Crippen molar-refractivity contribution in [2.75, 3.05) is 6.54 Å². The predicted molar refractivity (Wildman–Crippen MR) is 68.7 cm³/mol. The van der Waals surface area contributed by atoms with Gasteiger partial charge in [0.1, 0.15) is 5.82 Å². The fraction of sp³-hybridized carbons (Fsp3) is 0.357. The number of aromatic amines is 1. The van der Waals surface area contributed by atoms with Crippen LogP contribution in [-0.4, -0.2) is 22.8 Å². The molecule has 1 aromatic heterocycles. The van der Waals surface area contributed by atoms with E-state index < -0.39 is 0 Å². The minimum atomic E-state index is -0.207. The van der Waals surface area contributed by atoms with E-state index >= 15 is 0 Å². The molecule has 1 saturated heterocycles. The van der Waals surface area contributed by atoms with Gasteiger partial charge in [0.05, 0.1) is 6.20 Å². The summed E-state index contributed by atoms with van der Waals surface area (Å²) >= 11 is 0. The first-order chi connectivity index (χ1) is 8.83. The van der Waals surface area contributed by atoms with Crippen LogP contribution in [0, 0.1) is 5.82 Å². The Balaban J connectivity index is 1.84. The van der Waals surface area contributed by atoms with E-state index in [4.69, 9.17) is 0 Å². The van der Waals surface area contributed by atoms with Crippen molar-refractivity contribution in [3.8, 4) is 11.1 Å². The summed E-state index contributed by atoms with van der Waals surface area (Å²) in [7, 11) is 0. The van der Waals surface area contributed by atoms with Crippen molar-refractivity contribution in [3.05, 3.63) is 42.0 Å². The minimum absolute atomic E-state index is 0.207. The lowest BCUT2D eigenvalue weighted by molar-refractivity contribution is 0.595. The van der Waals surface area contributed by atoms with Crippen molar-refractivity contribution in [1.29, 1.82) is 0 Å². The number of aromatic nitrogens is 2. The lowest BCUT2D eigenvalue weighted by Gasteiger charge is -2.10. The van der Waals surface area contributed by atoms with Gasteiger partial charge in [0.25, 0.3) is 0 Å². The Bertz CT molecular complexity index is 512. The highest BCUT2D eigenvalue weighted by Crippen LogP contribution is 2.24. The average Bonchev–Trinajstić information content (AvgIpc) is 3.02. The molecule has 3 rings (SSSR count). The summed E-state index contributed by atoms with van der Waals surface area (Å²) in [5, 5.41) is 10.7. The number of halogens is 1. The van der Waals surface area contributed by atoms with Crippen LogP contribution in [0.2, 0.25) is 0 Å². The Morgan fingerprint density at radius 3 is 2.83 bits per heavy atom. The molecule has 3 nitrogen and oxygen atoms in total. The SMILES string of the molecule is Fc1ccc(-c2cn[nH]c2CC2CCCN2)cc1. The topological polar surface area (TPSA) is 40.7 Å². The van der Waals surface area contributed by atoms with Crippen LogP contribution in [0.25, 0.3) is 11.1 Å². The maximum absolute atomic E-state index is 12.9. The molecule has 2 aromatic rings. The summed E-state index contributed by atoms with van der Waals surface area (Å²) in [6, 6.07) is 7.10. The smallest absolute Gasteiger partial charge is 0.123 e. The highest BCUT2D eigenvalue weighted by Gasteiger charge is 2.17. The summed E-state index contributed by atoms with van der Waals surface area (Å²) in [5.74, 6) is -0.207. The first-order valence-corrected chi connectivity index (χ1v) is 6.34. The summed E-state index contributed by atoms with van der Waals surface area (Å²) in [6.45, 7) is 1.10. The van der Waals surface area contributed by atoms with Gasteiger partial charge in [0.2, 0.25) is 0 Å². The standard InChI is InChI=1S/C14H16FN3/c15-11-5-3-10(4-6-11)13-9-17-18-14(13)8-12-2-1-7-16-12/h3-6,9,12,16H,1-2,7-8H2,(H,17,18). The number of H-pyrrole nitrogens is 1. The maximum Gasteiger partial charge on any atom is 0.123 e. The third-order valence-corrected chi connectivity index (χ3v) is 3.49. The molecule has 1 atom stereocenters. The van der Waals surface area contributed by atoms with Gasteiger partial charge in [-0.2, -0.15) is 5.10 Å². The van der Waals surface area contributed by atoms with Crippen LogP contribution in [0.15, 0.2) is 30.5 Å². The molecule has 4 heteroatoms. The number of hydrogen-bond acceptors (Lipinski definition) is 2. The van der Waals surface area contributed by atoms with Crippen LogP contribution in [-0.2, 0) is 6.42 Å². The zero-order valence-corrected chi connectivity index (χ0v) is 10.1. The van der Waals surface area contributed by atoms with Crippen LogP contribution >= 0.6 is 0 Å². The Labute approximate surface area is 105 Å². The second-order valence-electron chi connectivity index (χ2n) is 4.77. The van der Waals surface area contributed by atoms with Crippen molar-refractivity contribution in [1.82, 2.24) is 15.5 Å². The zero-order valence-electron chi connectivity index (χ0n) is 10.1. The summed E-state index contributed by atoms with van der Waals surface area (Å²) < 4.78 is 12.9. The maximum atomic E-state index is 12.9. The first-order valence-electron chi connectivity index (χ1n) is 6.34. The van der Waals surface area contributed by atoms with E-state index in [1.54, 1.807) is 12.1 Å². The van der Waals surface area contributed by atoms with E-state index in [9.17, 15) is 4.39 Å². The summed E-state index contributed by atoms with van der Waals surface area (Å²) in [6.07, 6.45) is 5.22. The van der Waals surface area contributed by atoms with Gasteiger partial charge in [0, 0.05) is 23.7 Å². The third-order valence-electron chi connectivity index (χ3n) is 3.49. The molecular weight excluding hydrogens is 229 g/mol. The number of nitrogens with zero attached hydrogens (tertiary/aromatic N) is 1. The zero-order chi connectivity index (χ0) is 12.4. The lowest BCUT2D eigenvalue weighted by atomic mass is 10.0. The molecule has 0 radical (unpaired) electrons. The Morgan fingerprint density at radius 1 is 1.28 bits per heavy atom. The van der Waals surface area contributed by atoms with E-state index in [0.29, 0.717) is 6.04 Å². The third kappa shape index (κ3) is 2.29. The monoisotopic (exact) mass is 245 g/mol. The van der Waals surface area contributed by atoms with E-state index in [2.05, 4.69) is 15.5 Å². The second-order valence-corrected chi connectivity index (χ2v) is 4.77. The largest absolute Gasteiger partial charge is 0.314 e. The Hall–Kier alpha value is -1.68. The second kappa shape index (κ2) is 4.90. The Morgan fingerprint density at radius 2 is 2.11 bits per heavy atom. The molecular formula is C14H16FN3. The molecule has 0 amide bonds. The van der Waals surface area contributed by atoms with Crippen LogP contribution in [0.5, 0.6) is 0 Å². The quantitative estimate of drug-likeness (QED) is 0.872. The molecule has 2 heterocycles. The van der Waals surface area contributed by atoms with Gasteiger partial charge < -0.3 is 5.32 Å². The fourth-order valence-electron chi connectivity index (χ4n) is 2.52. The highest BCUT2D eigenvalue weighted by molar-refractivity contribution is 5.65. The van der Waals surface area contributed by atoms with Gasteiger partial charge in [-0.3, -0.25) is 5.10 Å². The van der Waals surface area contributed by atoms with Gasteiger partial charge in [-0.1, -0.05) is 12.1 Å². The van der Waals surface area contributed by atoms with E-state index in [0.717, 1.165) is 29.8 Å². The average molecular weight is 245 g/mol.